The lowest BCUT2D eigenvalue weighted by molar-refractivity contribution is 1.08. The van der Waals surface area contributed by atoms with Crippen molar-refractivity contribution in [3.05, 3.63) is 42.1 Å². The third-order valence-electron chi connectivity index (χ3n) is 2.72. The van der Waals surface area contributed by atoms with Crippen molar-refractivity contribution in [2.75, 3.05) is 5.84 Å². The van der Waals surface area contributed by atoms with Crippen molar-refractivity contribution in [1.82, 2.24) is 9.66 Å². The third kappa shape index (κ3) is 1.03. The van der Waals surface area contributed by atoms with Crippen LogP contribution in [0.3, 0.4) is 0 Å². The Morgan fingerprint density at radius 3 is 2.93 bits per heavy atom. The molecule has 3 heteroatoms. The number of hydrogen-bond donors (Lipinski definition) is 1. The van der Waals surface area contributed by atoms with Gasteiger partial charge in [-0.15, -0.1) is 0 Å². The van der Waals surface area contributed by atoms with E-state index in [4.69, 9.17) is 5.84 Å². The van der Waals surface area contributed by atoms with Crippen LogP contribution in [-0.4, -0.2) is 9.66 Å². The second kappa shape index (κ2) is 2.73. The van der Waals surface area contributed by atoms with Crippen LogP contribution in [0.15, 0.2) is 36.5 Å². The van der Waals surface area contributed by atoms with Gasteiger partial charge in [0.2, 0.25) is 0 Å². The maximum Gasteiger partial charge on any atom is 0.159 e. The average Bonchev–Trinajstić information content (AvgIpc) is 2.54. The van der Waals surface area contributed by atoms with Gasteiger partial charge in [0.25, 0.3) is 0 Å². The summed E-state index contributed by atoms with van der Waals surface area (Å²) in [6.07, 6.45) is 1.76. The van der Waals surface area contributed by atoms with Crippen LogP contribution in [-0.2, 0) is 0 Å². The van der Waals surface area contributed by atoms with E-state index in [1.54, 1.807) is 10.9 Å². The molecular weight excluding hydrogens is 186 g/mol. The molecule has 0 aliphatic rings. The van der Waals surface area contributed by atoms with Crippen molar-refractivity contribution in [3.8, 4) is 0 Å². The van der Waals surface area contributed by atoms with Crippen molar-refractivity contribution in [1.29, 1.82) is 0 Å². The van der Waals surface area contributed by atoms with Gasteiger partial charge in [0.1, 0.15) is 0 Å². The van der Waals surface area contributed by atoms with Crippen LogP contribution in [0.4, 0.5) is 0 Å². The number of nitrogens with two attached hydrogens (primary N) is 1. The highest BCUT2D eigenvalue weighted by atomic mass is 15.3. The number of aromatic nitrogens is 2. The Labute approximate surface area is 87.1 Å². The fourth-order valence-corrected chi connectivity index (χ4v) is 1.98. The Morgan fingerprint density at radius 2 is 2.07 bits per heavy atom. The molecule has 0 aliphatic carbocycles. The number of pyridine rings is 1. The largest absolute Gasteiger partial charge is 0.337 e. The van der Waals surface area contributed by atoms with Gasteiger partial charge >= 0.3 is 0 Å². The molecule has 1 aromatic carbocycles. The summed E-state index contributed by atoms with van der Waals surface area (Å²) in [7, 11) is 0. The molecular formula is C12H11N3. The molecule has 74 valence electrons. The summed E-state index contributed by atoms with van der Waals surface area (Å²) in [5, 5.41) is 2.26. The van der Waals surface area contributed by atoms with Gasteiger partial charge < -0.3 is 5.84 Å². The van der Waals surface area contributed by atoms with Gasteiger partial charge in [-0.05, 0) is 30.7 Å². The molecule has 0 spiro atoms. The van der Waals surface area contributed by atoms with Gasteiger partial charge in [0.05, 0.1) is 5.52 Å². The number of rotatable bonds is 0. The SMILES string of the molecule is Cc1ccc2c3cccnc3n(N)c2c1. The highest BCUT2D eigenvalue weighted by Crippen LogP contribution is 2.25. The van der Waals surface area contributed by atoms with E-state index in [9.17, 15) is 0 Å². The lowest BCUT2D eigenvalue weighted by Crippen LogP contribution is -2.07. The lowest BCUT2D eigenvalue weighted by atomic mass is 10.1. The van der Waals surface area contributed by atoms with Crippen LogP contribution in [0, 0.1) is 6.92 Å². The molecule has 0 saturated heterocycles. The zero-order valence-corrected chi connectivity index (χ0v) is 8.44. The summed E-state index contributed by atoms with van der Waals surface area (Å²) >= 11 is 0. The molecule has 2 heterocycles. The third-order valence-corrected chi connectivity index (χ3v) is 2.72. The van der Waals surface area contributed by atoms with E-state index >= 15 is 0 Å². The Kier molecular flexibility index (Phi) is 1.51. The first-order valence-corrected chi connectivity index (χ1v) is 4.88. The van der Waals surface area contributed by atoms with Crippen LogP contribution < -0.4 is 5.84 Å². The Bertz CT molecular complexity index is 652. The summed E-state index contributed by atoms with van der Waals surface area (Å²) < 4.78 is 1.65. The summed E-state index contributed by atoms with van der Waals surface area (Å²) in [6, 6.07) is 10.2. The highest BCUT2D eigenvalue weighted by molar-refractivity contribution is 6.06. The number of fused-ring (bicyclic) bond motifs is 3. The monoisotopic (exact) mass is 197 g/mol. The first-order chi connectivity index (χ1) is 7.27. The van der Waals surface area contributed by atoms with Crippen molar-refractivity contribution in [2.24, 2.45) is 0 Å². The van der Waals surface area contributed by atoms with E-state index in [-0.39, 0.29) is 0 Å². The molecule has 0 aliphatic heterocycles. The molecule has 2 N–H and O–H groups in total. The maximum absolute atomic E-state index is 6.00. The minimum absolute atomic E-state index is 0.832. The van der Waals surface area contributed by atoms with Crippen LogP contribution in [0.2, 0.25) is 0 Å². The molecule has 0 radical (unpaired) electrons. The van der Waals surface area contributed by atoms with E-state index in [1.807, 2.05) is 12.1 Å². The second-order valence-corrected chi connectivity index (χ2v) is 3.77. The van der Waals surface area contributed by atoms with Gasteiger partial charge in [-0.2, -0.15) is 0 Å². The number of aryl methyl sites for hydroxylation is 1. The van der Waals surface area contributed by atoms with Crippen molar-refractivity contribution >= 4 is 21.9 Å². The predicted molar refractivity (Wildman–Crippen MR) is 62.1 cm³/mol. The summed E-state index contributed by atoms with van der Waals surface area (Å²) in [6.45, 7) is 2.06. The Hall–Kier alpha value is -2.03. The molecule has 0 bridgehead atoms. The molecule has 3 nitrogen and oxygen atoms in total. The first-order valence-electron chi connectivity index (χ1n) is 4.88. The Morgan fingerprint density at radius 1 is 1.20 bits per heavy atom. The number of nitrogen functional groups attached to an aromatic ring is 1. The Balaban J connectivity index is 2.63. The smallest absolute Gasteiger partial charge is 0.159 e. The lowest BCUT2D eigenvalue weighted by Gasteiger charge is -1.97. The minimum Gasteiger partial charge on any atom is -0.337 e. The zero-order chi connectivity index (χ0) is 10.4. The van der Waals surface area contributed by atoms with Crippen molar-refractivity contribution < 1.29 is 0 Å². The van der Waals surface area contributed by atoms with Crippen LogP contribution in [0.1, 0.15) is 5.56 Å². The number of hydrogen-bond acceptors (Lipinski definition) is 2. The van der Waals surface area contributed by atoms with Gasteiger partial charge in [-0.25, -0.2) is 9.66 Å². The zero-order valence-electron chi connectivity index (χ0n) is 8.44. The summed E-state index contributed by atoms with van der Waals surface area (Å²) in [4.78, 5) is 4.29. The highest BCUT2D eigenvalue weighted by Gasteiger charge is 2.08. The maximum atomic E-state index is 6.00. The second-order valence-electron chi connectivity index (χ2n) is 3.77. The van der Waals surface area contributed by atoms with Gasteiger partial charge in [-0.3, -0.25) is 0 Å². The number of nitrogens with zero attached hydrogens (tertiary/aromatic N) is 2. The van der Waals surface area contributed by atoms with E-state index in [0.29, 0.717) is 0 Å². The fraction of sp³-hybridized carbons (Fsp3) is 0.0833. The topological polar surface area (TPSA) is 43.8 Å². The molecule has 2 aromatic heterocycles. The molecule has 0 atom stereocenters. The first kappa shape index (κ1) is 8.29. The normalized spacial score (nSPS) is 11.3. The minimum atomic E-state index is 0.832. The van der Waals surface area contributed by atoms with Crippen molar-refractivity contribution in [2.45, 2.75) is 6.92 Å². The average molecular weight is 197 g/mol. The standard InChI is InChI=1S/C12H11N3/c1-8-4-5-9-10-3-2-6-14-12(10)15(13)11(9)7-8/h2-7H,13H2,1H3. The molecule has 0 saturated carbocycles. The van der Waals surface area contributed by atoms with Crippen LogP contribution >= 0.6 is 0 Å². The van der Waals surface area contributed by atoms with Gasteiger partial charge in [0, 0.05) is 17.0 Å². The fourth-order valence-electron chi connectivity index (χ4n) is 1.98. The predicted octanol–water partition coefficient (Wildman–Crippen LogP) is 2.21. The van der Waals surface area contributed by atoms with Crippen LogP contribution in [0.5, 0.6) is 0 Å². The summed E-state index contributed by atoms with van der Waals surface area (Å²) in [5.74, 6) is 6.00. The number of benzene rings is 1. The molecule has 0 fully saturated rings. The van der Waals surface area contributed by atoms with Crippen LogP contribution in [0.25, 0.3) is 21.9 Å². The molecule has 0 amide bonds. The van der Waals surface area contributed by atoms with E-state index in [1.165, 1.54) is 5.56 Å². The van der Waals surface area contributed by atoms with Gasteiger partial charge in [0.15, 0.2) is 5.65 Å². The quantitative estimate of drug-likeness (QED) is 0.561. The van der Waals surface area contributed by atoms with Crippen molar-refractivity contribution in [3.63, 3.8) is 0 Å². The summed E-state index contributed by atoms with van der Waals surface area (Å²) in [5.41, 5.74) is 3.07. The molecule has 0 unspecified atom stereocenters. The molecule has 15 heavy (non-hydrogen) atoms. The van der Waals surface area contributed by atoms with E-state index in [2.05, 4.69) is 30.1 Å². The van der Waals surface area contributed by atoms with Gasteiger partial charge in [-0.1, -0.05) is 12.1 Å². The molecule has 3 aromatic rings. The van der Waals surface area contributed by atoms with E-state index in [0.717, 1.165) is 21.9 Å². The molecule has 3 rings (SSSR count). The van der Waals surface area contributed by atoms with E-state index < -0.39 is 0 Å².